The van der Waals surface area contributed by atoms with E-state index >= 15 is 0 Å². The van der Waals surface area contributed by atoms with E-state index in [0.717, 1.165) is 12.8 Å². The predicted octanol–water partition coefficient (Wildman–Crippen LogP) is -0.714. The molecular weight excluding hydrogens is 250 g/mol. The van der Waals surface area contributed by atoms with Crippen molar-refractivity contribution in [2.24, 2.45) is 5.92 Å². The maximum atomic E-state index is 11.7. The minimum Gasteiger partial charge on any atom is -0.396 e. The lowest BCUT2D eigenvalue weighted by atomic mass is 10.0. The van der Waals surface area contributed by atoms with E-state index < -0.39 is 0 Å². The van der Waals surface area contributed by atoms with Crippen LogP contribution in [0.4, 0.5) is 17.5 Å². The Balaban J connectivity index is 1.81. The van der Waals surface area contributed by atoms with Crippen LogP contribution in [0.3, 0.4) is 0 Å². The van der Waals surface area contributed by atoms with Crippen LogP contribution in [-0.2, 0) is 4.74 Å². The summed E-state index contributed by atoms with van der Waals surface area (Å²) in [7, 11) is 0. The average molecular weight is 267 g/mol. The Hall–Kier alpha value is -1.80. The van der Waals surface area contributed by atoms with Gasteiger partial charge >= 0.3 is 0 Å². The van der Waals surface area contributed by atoms with Crippen LogP contribution in [0.2, 0.25) is 0 Å². The van der Waals surface area contributed by atoms with Crippen LogP contribution in [-0.4, -0.2) is 41.2 Å². The molecule has 1 aromatic heterocycles. The highest BCUT2D eigenvalue weighted by Crippen LogP contribution is 2.31. The molecule has 2 unspecified atom stereocenters. The van der Waals surface area contributed by atoms with Crippen molar-refractivity contribution in [3.63, 3.8) is 0 Å². The van der Waals surface area contributed by atoms with Crippen LogP contribution in [0, 0.1) is 5.92 Å². The van der Waals surface area contributed by atoms with Gasteiger partial charge in [-0.25, -0.2) is 0 Å². The maximum absolute atomic E-state index is 11.7. The summed E-state index contributed by atoms with van der Waals surface area (Å²) in [5, 5.41) is 12.1. The molecule has 3 heterocycles. The van der Waals surface area contributed by atoms with Crippen LogP contribution < -0.4 is 21.5 Å². The number of fused-ring (bicyclic) bond motifs is 1. The van der Waals surface area contributed by atoms with Crippen LogP contribution in [0.5, 0.6) is 0 Å². The summed E-state index contributed by atoms with van der Waals surface area (Å²) < 4.78 is 5.73. The first kappa shape index (κ1) is 12.2. The number of ether oxygens (including phenoxy) is 1. The number of anilines is 3. The molecule has 0 radical (unpaired) electrons. The molecule has 0 aromatic carbocycles. The Morgan fingerprint density at radius 1 is 1.53 bits per heavy atom. The minimum atomic E-state index is -0.269. The van der Waals surface area contributed by atoms with Crippen LogP contribution >= 0.6 is 0 Å². The molecule has 2 aliphatic heterocycles. The summed E-state index contributed by atoms with van der Waals surface area (Å²) in [4.78, 5) is 20.2. The van der Waals surface area contributed by atoms with E-state index in [4.69, 9.17) is 15.6 Å². The molecule has 8 nitrogen and oxygen atoms in total. The summed E-state index contributed by atoms with van der Waals surface area (Å²) in [5.41, 5.74) is 5.74. The summed E-state index contributed by atoms with van der Waals surface area (Å²) in [5.74, 6) is 0.832. The van der Waals surface area contributed by atoms with Crippen molar-refractivity contribution in [3.8, 4) is 0 Å². The third-order valence-corrected chi connectivity index (χ3v) is 3.57. The van der Waals surface area contributed by atoms with Gasteiger partial charge in [0.2, 0.25) is 5.95 Å². The molecule has 0 saturated carbocycles. The number of H-pyrrole nitrogens is 1. The molecule has 0 spiro atoms. The monoisotopic (exact) mass is 267 g/mol. The number of hydrogen-bond donors (Lipinski definition) is 4. The van der Waals surface area contributed by atoms with Gasteiger partial charge in [-0.3, -0.25) is 9.78 Å². The van der Waals surface area contributed by atoms with Gasteiger partial charge < -0.3 is 25.8 Å². The molecule has 8 heteroatoms. The zero-order valence-electron chi connectivity index (χ0n) is 10.4. The summed E-state index contributed by atoms with van der Waals surface area (Å²) in [6.07, 6.45) is 1.55. The number of aliphatic hydroxyl groups is 1. The third kappa shape index (κ3) is 2.13. The molecule has 1 aromatic rings. The lowest BCUT2D eigenvalue weighted by molar-refractivity contribution is -0.0298. The number of nitrogens with zero attached hydrogens (tertiary/aromatic N) is 2. The second kappa shape index (κ2) is 4.71. The molecule has 19 heavy (non-hydrogen) atoms. The van der Waals surface area contributed by atoms with E-state index in [0.29, 0.717) is 24.8 Å². The molecular formula is C11H17N5O3. The summed E-state index contributed by atoms with van der Waals surface area (Å²) in [6, 6.07) is 0. The number of aromatic amines is 1. The van der Waals surface area contributed by atoms with Crippen molar-refractivity contribution in [2.45, 2.75) is 19.1 Å². The van der Waals surface area contributed by atoms with Gasteiger partial charge in [0, 0.05) is 12.5 Å². The summed E-state index contributed by atoms with van der Waals surface area (Å²) >= 11 is 0. The number of aliphatic hydroxyl groups excluding tert-OH is 1. The highest BCUT2D eigenvalue weighted by Gasteiger charge is 2.33. The molecule has 2 aliphatic rings. The molecule has 104 valence electrons. The fourth-order valence-electron chi connectivity index (χ4n) is 2.50. The lowest BCUT2D eigenvalue weighted by Crippen LogP contribution is -2.42. The van der Waals surface area contributed by atoms with Crippen LogP contribution in [0.15, 0.2) is 4.79 Å². The lowest BCUT2D eigenvalue weighted by Gasteiger charge is -2.34. The van der Waals surface area contributed by atoms with Crippen molar-refractivity contribution in [2.75, 3.05) is 35.8 Å². The predicted molar refractivity (Wildman–Crippen MR) is 69.8 cm³/mol. The Labute approximate surface area is 109 Å². The Kier molecular flexibility index (Phi) is 3.03. The van der Waals surface area contributed by atoms with E-state index in [1.165, 1.54) is 0 Å². The van der Waals surface area contributed by atoms with Crippen molar-refractivity contribution in [3.05, 3.63) is 10.4 Å². The standard InChI is InChI=1S/C11H17N5O3/c12-11-14-9-8(10(18)15-11)13-5-16(9)7-2-1-6(3-17)4-19-7/h6-7,13,17H,1-5H2,(H3,12,14,15,18). The number of nitrogen functional groups attached to an aromatic ring is 1. The largest absolute Gasteiger partial charge is 0.396 e. The van der Waals surface area contributed by atoms with E-state index in [1.54, 1.807) is 0 Å². The Morgan fingerprint density at radius 3 is 3.05 bits per heavy atom. The first-order valence-electron chi connectivity index (χ1n) is 6.32. The van der Waals surface area contributed by atoms with Crippen molar-refractivity contribution in [1.82, 2.24) is 9.97 Å². The van der Waals surface area contributed by atoms with Crippen molar-refractivity contribution < 1.29 is 9.84 Å². The maximum Gasteiger partial charge on any atom is 0.277 e. The zero-order valence-corrected chi connectivity index (χ0v) is 10.4. The average Bonchev–Trinajstić information content (AvgIpc) is 2.83. The van der Waals surface area contributed by atoms with Gasteiger partial charge in [-0.05, 0) is 12.8 Å². The first-order valence-corrected chi connectivity index (χ1v) is 6.32. The van der Waals surface area contributed by atoms with Crippen molar-refractivity contribution in [1.29, 1.82) is 0 Å². The van der Waals surface area contributed by atoms with Gasteiger partial charge in [-0.2, -0.15) is 4.98 Å². The fourth-order valence-corrected chi connectivity index (χ4v) is 2.50. The molecule has 0 bridgehead atoms. The smallest absolute Gasteiger partial charge is 0.277 e. The number of nitrogens with two attached hydrogens (primary N) is 1. The minimum absolute atomic E-state index is 0.0986. The first-order chi connectivity index (χ1) is 9.19. The number of hydrogen-bond acceptors (Lipinski definition) is 7. The molecule has 0 aliphatic carbocycles. The molecule has 5 N–H and O–H groups in total. The molecule has 0 amide bonds. The molecule has 3 rings (SSSR count). The Bertz CT molecular complexity index is 524. The van der Waals surface area contributed by atoms with Crippen molar-refractivity contribution >= 4 is 17.5 Å². The normalized spacial score (nSPS) is 26.1. The van der Waals surface area contributed by atoms with E-state index in [9.17, 15) is 4.79 Å². The van der Waals surface area contributed by atoms with Gasteiger partial charge in [0.15, 0.2) is 5.82 Å². The van der Waals surface area contributed by atoms with Gasteiger partial charge in [0.25, 0.3) is 5.56 Å². The van der Waals surface area contributed by atoms with Gasteiger partial charge in [0.05, 0.1) is 13.3 Å². The van der Waals surface area contributed by atoms with Crippen LogP contribution in [0.25, 0.3) is 0 Å². The highest BCUT2D eigenvalue weighted by molar-refractivity contribution is 5.70. The quantitative estimate of drug-likeness (QED) is 0.559. The van der Waals surface area contributed by atoms with E-state index in [1.807, 2.05) is 4.90 Å². The molecule has 1 fully saturated rings. The Morgan fingerprint density at radius 2 is 2.37 bits per heavy atom. The summed E-state index contributed by atoms with van der Waals surface area (Å²) in [6.45, 7) is 1.14. The second-order valence-corrected chi connectivity index (χ2v) is 4.87. The van der Waals surface area contributed by atoms with Gasteiger partial charge in [-0.15, -0.1) is 0 Å². The topological polar surface area (TPSA) is 116 Å². The highest BCUT2D eigenvalue weighted by atomic mass is 16.5. The second-order valence-electron chi connectivity index (χ2n) is 4.87. The molecule has 2 atom stereocenters. The third-order valence-electron chi connectivity index (χ3n) is 3.57. The zero-order chi connectivity index (χ0) is 13.4. The number of aromatic nitrogens is 2. The van der Waals surface area contributed by atoms with Gasteiger partial charge in [0.1, 0.15) is 11.9 Å². The van der Waals surface area contributed by atoms with E-state index in [2.05, 4.69) is 15.3 Å². The number of rotatable bonds is 2. The SMILES string of the molecule is Nc1nc2c(c(=O)[nH]1)NCN2C1CCC(CO)CO1. The molecule has 1 saturated heterocycles. The van der Waals surface area contributed by atoms with E-state index in [-0.39, 0.29) is 30.3 Å². The number of nitrogens with one attached hydrogen (secondary N) is 2. The van der Waals surface area contributed by atoms with Crippen LogP contribution in [0.1, 0.15) is 12.8 Å². The van der Waals surface area contributed by atoms with Gasteiger partial charge in [-0.1, -0.05) is 0 Å². The fraction of sp³-hybridized carbons (Fsp3) is 0.636.